The summed E-state index contributed by atoms with van der Waals surface area (Å²) >= 11 is 0. The molecule has 0 bridgehead atoms. The van der Waals surface area contributed by atoms with E-state index in [1.54, 1.807) is 36.4 Å². The molecule has 8 heteroatoms. The molecule has 134 valence electrons. The molecule has 0 aromatic heterocycles. The molecular weight excluding hydrogens is 340 g/mol. The number of benzene rings is 2. The quantitative estimate of drug-likeness (QED) is 0.447. The highest BCUT2D eigenvalue weighted by Gasteiger charge is 2.09. The third-order valence-electron chi connectivity index (χ3n) is 3.28. The van der Waals surface area contributed by atoms with E-state index in [2.05, 4.69) is 5.32 Å². The summed E-state index contributed by atoms with van der Waals surface area (Å²) in [7, 11) is 0. The lowest BCUT2D eigenvalue weighted by Crippen LogP contribution is -2.24. The maximum atomic E-state index is 11.1. The summed E-state index contributed by atoms with van der Waals surface area (Å²) in [5, 5.41) is 21.9. The largest absolute Gasteiger partial charge is 0.489 e. The first kappa shape index (κ1) is 18.7. The van der Waals surface area contributed by atoms with Crippen LogP contribution < -0.4 is 10.1 Å². The Balaban J connectivity index is 2.01. The number of hydrogen-bond donors (Lipinski definition) is 2. The van der Waals surface area contributed by atoms with Gasteiger partial charge in [0.05, 0.1) is 4.92 Å². The molecule has 0 saturated carbocycles. The monoisotopic (exact) mass is 356 g/mol. The van der Waals surface area contributed by atoms with Gasteiger partial charge in [0, 0.05) is 19.1 Å². The maximum Gasteiger partial charge on any atom is 0.352 e. The molecule has 0 aliphatic rings. The number of carboxylic acids is 1. The molecule has 0 atom stereocenters. The average Bonchev–Trinajstić information content (AvgIpc) is 2.60. The predicted octanol–water partition coefficient (Wildman–Crippen LogP) is 2.74. The topological polar surface area (TPSA) is 119 Å². The minimum absolute atomic E-state index is 0.0123. The number of amides is 1. The molecule has 8 nitrogen and oxygen atoms in total. The van der Waals surface area contributed by atoms with Crippen LogP contribution in [0.1, 0.15) is 18.1 Å². The molecule has 26 heavy (non-hydrogen) atoms. The van der Waals surface area contributed by atoms with Gasteiger partial charge in [0.15, 0.2) is 0 Å². The van der Waals surface area contributed by atoms with Gasteiger partial charge in [-0.05, 0) is 41.5 Å². The van der Waals surface area contributed by atoms with Gasteiger partial charge < -0.3 is 15.2 Å². The van der Waals surface area contributed by atoms with E-state index in [-0.39, 0.29) is 18.0 Å². The van der Waals surface area contributed by atoms with Gasteiger partial charge in [-0.3, -0.25) is 14.9 Å². The molecule has 0 fully saturated rings. The lowest BCUT2D eigenvalue weighted by molar-refractivity contribution is -0.384. The van der Waals surface area contributed by atoms with Crippen LogP contribution in [0.4, 0.5) is 5.69 Å². The number of nitrogens with one attached hydrogen (secondary N) is 1. The number of ether oxygens (including phenoxy) is 1. The zero-order chi connectivity index (χ0) is 19.1. The van der Waals surface area contributed by atoms with E-state index in [0.717, 1.165) is 5.56 Å². The molecule has 0 saturated heterocycles. The van der Waals surface area contributed by atoms with Crippen molar-refractivity contribution in [2.75, 3.05) is 0 Å². The summed E-state index contributed by atoms with van der Waals surface area (Å²) in [5.74, 6) is -1.16. The van der Waals surface area contributed by atoms with Crippen molar-refractivity contribution < 1.29 is 24.4 Å². The van der Waals surface area contributed by atoms with Crippen molar-refractivity contribution in [3.63, 3.8) is 0 Å². The number of non-ortho nitro benzene ring substituents is 1. The molecule has 2 aromatic carbocycles. The number of rotatable bonds is 7. The molecule has 0 radical (unpaired) electrons. The minimum atomic E-state index is -1.24. The smallest absolute Gasteiger partial charge is 0.352 e. The lowest BCUT2D eigenvalue weighted by atomic mass is 10.2. The molecule has 0 aliphatic carbocycles. The first-order valence-corrected chi connectivity index (χ1v) is 7.54. The van der Waals surface area contributed by atoms with Crippen LogP contribution in [0, 0.1) is 10.1 Å². The van der Waals surface area contributed by atoms with Crippen LogP contribution >= 0.6 is 0 Å². The zero-order valence-corrected chi connectivity index (χ0v) is 13.8. The third kappa shape index (κ3) is 5.45. The van der Waals surface area contributed by atoms with Gasteiger partial charge >= 0.3 is 5.97 Å². The van der Waals surface area contributed by atoms with Crippen molar-refractivity contribution in [3.8, 4) is 5.75 Å². The standard InChI is InChI=1S/C18H16N2O6/c1-12(21)19-17(18(22)23)10-13-4-8-16(9-5-13)26-11-14-2-6-15(7-3-14)20(24)25/h2-10H,11H2,1H3,(H,19,21)(H,22,23)/b17-10+. The minimum Gasteiger partial charge on any atom is -0.489 e. The highest BCUT2D eigenvalue weighted by atomic mass is 16.6. The second-order valence-electron chi connectivity index (χ2n) is 5.33. The summed E-state index contributed by atoms with van der Waals surface area (Å²) in [5.41, 5.74) is 1.15. The van der Waals surface area contributed by atoms with Crippen molar-refractivity contribution >= 4 is 23.6 Å². The number of nitro groups is 1. The fraction of sp³-hybridized carbons (Fsp3) is 0.111. The SMILES string of the molecule is CC(=O)N/C(=C/c1ccc(OCc2ccc([N+](=O)[O-])cc2)cc1)C(=O)O. The second kappa shape index (κ2) is 8.43. The van der Waals surface area contributed by atoms with Crippen LogP contribution in [0.25, 0.3) is 6.08 Å². The van der Waals surface area contributed by atoms with Crippen molar-refractivity contribution in [1.82, 2.24) is 5.32 Å². The van der Waals surface area contributed by atoms with Gasteiger partial charge in [0.25, 0.3) is 5.69 Å². The fourth-order valence-corrected chi connectivity index (χ4v) is 2.05. The van der Waals surface area contributed by atoms with Gasteiger partial charge in [0.2, 0.25) is 5.91 Å². The maximum absolute atomic E-state index is 11.1. The van der Waals surface area contributed by atoms with Gasteiger partial charge in [0.1, 0.15) is 18.1 Å². The van der Waals surface area contributed by atoms with Gasteiger partial charge in [-0.2, -0.15) is 0 Å². The number of carbonyl (C=O) groups is 2. The summed E-state index contributed by atoms with van der Waals surface area (Å²) in [4.78, 5) is 32.2. The van der Waals surface area contributed by atoms with E-state index >= 15 is 0 Å². The molecular formula is C18H16N2O6. The summed E-state index contributed by atoms with van der Waals surface area (Å²) in [6.45, 7) is 1.46. The molecule has 1 amide bonds. The van der Waals surface area contributed by atoms with E-state index in [1.807, 2.05) is 0 Å². The molecule has 0 heterocycles. The Morgan fingerprint density at radius 3 is 2.27 bits per heavy atom. The van der Waals surface area contributed by atoms with Crippen LogP contribution in [0.2, 0.25) is 0 Å². The summed E-state index contributed by atoms with van der Waals surface area (Å²) < 4.78 is 5.59. The van der Waals surface area contributed by atoms with Gasteiger partial charge in [-0.25, -0.2) is 4.79 Å². The predicted molar refractivity (Wildman–Crippen MR) is 93.3 cm³/mol. The van der Waals surface area contributed by atoms with Crippen LogP contribution in [0.5, 0.6) is 5.75 Å². The number of hydrogen-bond acceptors (Lipinski definition) is 5. The van der Waals surface area contributed by atoms with Crippen LogP contribution in [-0.2, 0) is 16.2 Å². The number of carbonyl (C=O) groups excluding carboxylic acids is 1. The molecule has 0 unspecified atom stereocenters. The Morgan fingerprint density at radius 1 is 1.15 bits per heavy atom. The number of nitro benzene ring substituents is 1. The zero-order valence-electron chi connectivity index (χ0n) is 13.8. The lowest BCUT2D eigenvalue weighted by Gasteiger charge is -2.07. The Hall–Kier alpha value is -3.68. The first-order chi connectivity index (χ1) is 12.3. The second-order valence-corrected chi connectivity index (χ2v) is 5.33. The summed E-state index contributed by atoms with van der Waals surface area (Å²) in [6, 6.07) is 12.6. The summed E-state index contributed by atoms with van der Waals surface area (Å²) in [6.07, 6.45) is 1.34. The molecule has 2 aromatic rings. The first-order valence-electron chi connectivity index (χ1n) is 7.54. The van der Waals surface area contributed by atoms with Crippen LogP contribution in [0.15, 0.2) is 54.2 Å². The van der Waals surface area contributed by atoms with Crippen LogP contribution in [0.3, 0.4) is 0 Å². The van der Waals surface area contributed by atoms with Crippen molar-refractivity contribution in [3.05, 3.63) is 75.5 Å². The van der Waals surface area contributed by atoms with E-state index in [4.69, 9.17) is 9.84 Å². The third-order valence-corrected chi connectivity index (χ3v) is 3.28. The van der Waals surface area contributed by atoms with E-state index in [0.29, 0.717) is 11.3 Å². The Labute approximate surface area is 148 Å². The Kier molecular flexibility index (Phi) is 6.05. The fourth-order valence-electron chi connectivity index (χ4n) is 2.05. The number of nitrogens with zero attached hydrogens (tertiary/aromatic N) is 1. The molecule has 2 rings (SSSR count). The number of carboxylic acid groups (broad SMARTS) is 1. The van der Waals surface area contributed by atoms with E-state index in [1.165, 1.54) is 25.1 Å². The van der Waals surface area contributed by atoms with Gasteiger partial charge in [-0.15, -0.1) is 0 Å². The van der Waals surface area contributed by atoms with Crippen LogP contribution in [-0.4, -0.2) is 21.9 Å². The van der Waals surface area contributed by atoms with Gasteiger partial charge in [-0.1, -0.05) is 12.1 Å². The van der Waals surface area contributed by atoms with Crippen molar-refractivity contribution in [2.45, 2.75) is 13.5 Å². The Bertz CT molecular complexity index is 841. The van der Waals surface area contributed by atoms with Crippen molar-refractivity contribution in [1.29, 1.82) is 0 Å². The highest BCUT2D eigenvalue weighted by Crippen LogP contribution is 2.17. The normalized spacial score (nSPS) is 10.9. The molecule has 0 aliphatic heterocycles. The average molecular weight is 356 g/mol. The Morgan fingerprint density at radius 2 is 1.77 bits per heavy atom. The molecule has 0 spiro atoms. The van der Waals surface area contributed by atoms with Crippen molar-refractivity contribution in [2.24, 2.45) is 0 Å². The molecule has 2 N–H and O–H groups in total. The van der Waals surface area contributed by atoms with E-state index in [9.17, 15) is 19.7 Å². The number of aliphatic carboxylic acids is 1. The highest BCUT2D eigenvalue weighted by molar-refractivity contribution is 5.96. The van der Waals surface area contributed by atoms with E-state index < -0.39 is 16.8 Å².